The zero-order valence-corrected chi connectivity index (χ0v) is 40.8. The summed E-state index contributed by atoms with van der Waals surface area (Å²) in [5.74, 6) is 0. The average Bonchev–Trinajstić information content (AvgIpc) is 3.32. The summed E-state index contributed by atoms with van der Waals surface area (Å²) in [4.78, 5) is 49.1. The van der Waals surface area contributed by atoms with Crippen molar-refractivity contribution in [2.24, 2.45) is 0 Å². The number of hydrogen-bond acceptors (Lipinski definition) is 6. The molecule has 3 rings (SSSR count). The number of aryl methyl sites for hydroxylation is 2. The maximum absolute atomic E-state index is 12.7. The molecule has 0 aliphatic heterocycles. The first-order valence-electron chi connectivity index (χ1n) is 26.5. The molecule has 0 bridgehead atoms. The number of urea groups is 2. The van der Waals surface area contributed by atoms with E-state index in [9.17, 15) is 19.2 Å². The molecule has 6 N–H and O–H groups in total. The first-order chi connectivity index (χ1) is 32.5. The van der Waals surface area contributed by atoms with Gasteiger partial charge in [0, 0.05) is 26.2 Å². The molecule has 12 heteroatoms. The molecule has 1 aliphatic rings. The monoisotopic (exact) mass is 919 g/mol. The third-order valence-corrected chi connectivity index (χ3v) is 12.6. The van der Waals surface area contributed by atoms with Crippen LogP contribution in [0.4, 0.5) is 19.2 Å². The lowest BCUT2D eigenvalue weighted by Gasteiger charge is -2.32. The Bertz CT molecular complexity index is 1390. The Morgan fingerprint density at radius 1 is 0.379 bits per heavy atom. The van der Waals surface area contributed by atoms with E-state index in [1.165, 1.54) is 88.2 Å². The number of unbranched alkanes of at least 4 members (excludes halogenated alkanes) is 20. The van der Waals surface area contributed by atoms with Gasteiger partial charge in [0.15, 0.2) is 0 Å². The van der Waals surface area contributed by atoms with Gasteiger partial charge in [-0.1, -0.05) is 176 Å². The van der Waals surface area contributed by atoms with Gasteiger partial charge in [-0.25, -0.2) is 19.2 Å². The fourth-order valence-corrected chi connectivity index (χ4v) is 8.61. The van der Waals surface area contributed by atoms with Crippen LogP contribution in [0.3, 0.4) is 0 Å². The van der Waals surface area contributed by atoms with E-state index in [0.717, 1.165) is 116 Å². The third kappa shape index (κ3) is 31.4. The van der Waals surface area contributed by atoms with Crippen LogP contribution < -0.4 is 31.9 Å². The summed E-state index contributed by atoms with van der Waals surface area (Å²) in [6.45, 7) is 3.63. The molecule has 0 saturated heterocycles. The lowest BCUT2D eigenvalue weighted by molar-refractivity contribution is 0.143. The number of carbonyl (C=O) groups is 4. The summed E-state index contributed by atoms with van der Waals surface area (Å²) in [7, 11) is 0. The van der Waals surface area contributed by atoms with Crippen molar-refractivity contribution in [3.8, 4) is 0 Å². The zero-order valence-electron chi connectivity index (χ0n) is 40.8. The van der Waals surface area contributed by atoms with E-state index in [4.69, 9.17) is 9.47 Å². The Labute approximate surface area is 399 Å². The fraction of sp³-hybridized carbons (Fsp3) is 0.704. The summed E-state index contributed by atoms with van der Waals surface area (Å²) in [6.07, 6.45) is 32.1. The Morgan fingerprint density at radius 2 is 0.682 bits per heavy atom. The third-order valence-electron chi connectivity index (χ3n) is 12.6. The molecule has 2 atom stereocenters. The first kappa shape index (κ1) is 55.8. The van der Waals surface area contributed by atoms with Gasteiger partial charge in [0.25, 0.3) is 0 Å². The molecule has 0 spiro atoms. The number of benzene rings is 2. The molecule has 372 valence electrons. The molecular weight excluding hydrogens is 829 g/mol. The van der Waals surface area contributed by atoms with Crippen LogP contribution in [0.5, 0.6) is 0 Å². The highest BCUT2D eigenvalue weighted by Crippen LogP contribution is 2.19. The largest absolute Gasteiger partial charge is 0.450 e. The SMILES string of the molecule is O=C(NCCCCCCCCCCCCNC(=O)OCCCCc1ccccc1)N[C@@H]1CCCC[C@H]1NC(=O)NCCCCCCCCCCCCNC(=O)OCCCCc1ccccc1. The smallest absolute Gasteiger partial charge is 0.407 e. The summed E-state index contributed by atoms with van der Waals surface area (Å²) in [5, 5.41) is 18.1. The minimum atomic E-state index is -0.301. The van der Waals surface area contributed by atoms with Crippen LogP contribution in [0, 0.1) is 0 Å². The van der Waals surface area contributed by atoms with E-state index in [0.29, 0.717) is 39.4 Å². The molecule has 2 aromatic rings. The van der Waals surface area contributed by atoms with Gasteiger partial charge in [0.05, 0.1) is 25.3 Å². The van der Waals surface area contributed by atoms with Gasteiger partial charge in [-0.15, -0.1) is 0 Å². The van der Waals surface area contributed by atoms with Crippen molar-refractivity contribution >= 4 is 24.2 Å². The van der Waals surface area contributed by atoms with Crippen LogP contribution in [-0.4, -0.2) is 75.7 Å². The second-order valence-electron chi connectivity index (χ2n) is 18.4. The number of rotatable bonds is 38. The van der Waals surface area contributed by atoms with Crippen LogP contribution in [-0.2, 0) is 22.3 Å². The van der Waals surface area contributed by atoms with Crippen molar-refractivity contribution in [2.75, 3.05) is 39.4 Å². The molecule has 1 aliphatic carbocycles. The number of ether oxygens (including phenoxy) is 2. The van der Waals surface area contributed by atoms with Crippen LogP contribution in [0.25, 0.3) is 0 Å². The Balaban J connectivity index is 1.01. The maximum Gasteiger partial charge on any atom is 0.407 e. The standard InChI is InChI=1S/C54H90N6O6/c61-51(55-41-27-13-9-5-1-3-7-11-15-29-43-57-53(63)65-45-31-25-37-47-33-19-17-20-34-47)59-49-39-23-24-40-50(49)60-52(62)56-42-28-14-10-6-2-4-8-12-16-30-44-58-54(64)66-46-32-26-38-48-35-21-18-22-36-48/h17-22,33-36,49-50H,1-16,23-32,37-46H2,(H,57,63)(H,58,64)(H2,55,59,61)(H2,56,60,62)/t49-,50-/m1/s1. The Morgan fingerprint density at radius 3 is 1.02 bits per heavy atom. The predicted octanol–water partition coefficient (Wildman–Crippen LogP) is 12.2. The van der Waals surface area contributed by atoms with Crippen molar-refractivity contribution < 1.29 is 28.7 Å². The van der Waals surface area contributed by atoms with Crippen molar-refractivity contribution in [1.29, 1.82) is 0 Å². The van der Waals surface area contributed by atoms with Gasteiger partial charge in [0.2, 0.25) is 0 Å². The van der Waals surface area contributed by atoms with Crippen LogP contribution in [0.15, 0.2) is 60.7 Å². The molecule has 0 aromatic heterocycles. The summed E-state index contributed by atoms with van der Waals surface area (Å²) in [5.41, 5.74) is 2.65. The number of carbonyl (C=O) groups excluding carboxylic acids is 4. The van der Waals surface area contributed by atoms with Gasteiger partial charge < -0.3 is 41.4 Å². The van der Waals surface area contributed by atoms with Crippen molar-refractivity contribution in [3.05, 3.63) is 71.8 Å². The number of amides is 6. The Kier molecular flexibility index (Phi) is 33.6. The summed E-state index contributed by atoms with van der Waals surface area (Å²) >= 11 is 0. The molecule has 66 heavy (non-hydrogen) atoms. The number of alkyl carbamates (subject to hydrolysis) is 2. The van der Waals surface area contributed by atoms with Gasteiger partial charge >= 0.3 is 24.2 Å². The fourth-order valence-electron chi connectivity index (χ4n) is 8.61. The highest BCUT2D eigenvalue weighted by molar-refractivity contribution is 5.76. The molecule has 2 aromatic carbocycles. The molecule has 0 radical (unpaired) electrons. The second kappa shape index (κ2) is 39.7. The van der Waals surface area contributed by atoms with Gasteiger partial charge in [-0.05, 0) is 88.2 Å². The molecule has 6 amide bonds. The van der Waals surface area contributed by atoms with Crippen molar-refractivity contribution in [3.63, 3.8) is 0 Å². The minimum absolute atomic E-state index is 0.0473. The normalized spacial score (nSPS) is 14.5. The topological polar surface area (TPSA) is 159 Å². The number of hydrogen-bond donors (Lipinski definition) is 6. The predicted molar refractivity (Wildman–Crippen MR) is 269 cm³/mol. The lowest BCUT2D eigenvalue weighted by atomic mass is 9.90. The van der Waals surface area contributed by atoms with Crippen LogP contribution in [0.1, 0.15) is 191 Å². The minimum Gasteiger partial charge on any atom is -0.450 e. The quantitative estimate of drug-likeness (QED) is 0.0368. The van der Waals surface area contributed by atoms with Gasteiger partial charge in [-0.3, -0.25) is 0 Å². The maximum atomic E-state index is 12.7. The van der Waals surface area contributed by atoms with Crippen molar-refractivity contribution in [1.82, 2.24) is 31.9 Å². The van der Waals surface area contributed by atoms with Crippen LogP contribution >= 0.6 is 0 Å². The van der Waals surface area contributed by atoms with Gasteiger partial charge in [-0.2, -0.15) is 0 Å². The molecule has 12 nitrogen and oxygen atoms in total. The Hall–Kier alpha value is -4.48. The van der Waals surface area contributed by atoms with E-state index >= 15 is 0 Å². The number of nitrogens with one attached hydrogen (secondary N) is 6. The summed E-state index contributed by atoms with van der Waals surface area (Å²) < 4.78 is 10.6. The van der Waals surface area contributed by atoms with E-state index in [1.807, 2.05) is 12.1 Å². The van der Waals surface area contributed by atoms with E-state index < -0.39 is 0 Å². The van der Waals surface area contributed by atoms with Gasteiger partial charge in [0.1, 0.15) is 0 Å². The van der Waals surface area contributed by atoms with E-state index in [1.54, 1.807) is 0 Å². The molecule has 1 saturated carbocycles. The second-order valence-corrected chi connectivity index (χ2v) is 18.4. The highest BCUT2D eigenvalue weighted by Gasteiger charge is 2.27. The van der Waals surface area contributed by atoms with E-state index in [-0.39, 0.29) is 36.3 Å². The van der Waals surface area contributed by atoms with E-state index in [2.05, 4.69) is 80.4 Å². The lowest BCUT2D eigenvalue weighted by Crippen LogP contribution is -2.56. The highest BCUT2D eigenvalue weighted by atomic mass is 16.6. The average molecular weight is 919 g/mol. The molecule has 1 fully saturated rings. The molecule has 0 unspecified atom stereocenters. The molecular formula is C54H90N6O6. The van der Waals surface area contributed by atoms with Crippen molar-refractivity contribution in [2.45, 2.75) is 205 Å². The summed E-state index contributed by atoms with van der Waals surface area (Å²) in [6, 6.07) is 20.4. The zero-order chi connectivity index (χ0) is 46.8. The van der Waals surface area contributed by atoms with Crippen LogP contribution in [0.2, 0.25) is 0 Å². The molecule has 0 heterocycles. The first-order valence-corrected chi connectivity index (χ1v) is 26.5.